The highest BCUT2D eigenvalue weighted by Gasteiger charge is 2.10. The second-order valence-electron chi connectivity index (χ2n) is 5.64. The van der Waals surface area contributed by atoms with Gasteiger partial charge in [0.25, 0.3) is 0 Å². The largest absolute Gasteiger partial charge is 0.497 e. The number of aromatic nitrogens is 2. The average molecular weight is 448 g/mol. The molecule has 8 heteroatoms. The first kappa shape index (κ1) is 19.4. The zero-order chi connectivity index (χ0) is 19.1. The molecule has 0 fully saturated rings. The van der Waals surface area contributed by atoms with E-state index in [1.54, 1.807) is 18.9 Å². The van der Waals surface area contributed by atoms with Crippen LogP contribution in [0.15, 0.2) is 57.5 Å². The van der Waals surface area contributed by atoms with Crippen LogP contribution >= 0.6 is 27.7 Å². The molecule has 140 valence electrons. The Balaban J connectivity index is 1.43. The predicted octanol–water partition coefficient (Wildman–Crippen LogP) is 4.06. The lowest BCUT2D eigenvalue weighted by Crippen LogP contribution is -2.24. The van der Waals surface area contributed by atoms with Crippen LogP contribution in [0.1, 0.15) is 11.5 Å². The second-order valence-corrected chi connectivity index (χ2v) is 7.54. The Bertz CT molecular complexity index is 882. The number of carbonyl (C=O) groups excluding carboxylic acids is 1. The Morgan fingerprint density at radius 1 is 1.19 bits per heavy atom. The van der Waals surface area contributed by atoms with E-state index < -0.39 is 0 Å². The van der Waals surface area contributed by atoms with Crippen LogP contribution in [-0.2, 0) is 17.1 Å². The van der Waals surface area contributed by atoms with Gasteiger partial charge in [-0.2, -0.15) is 4.98 Å². The Kier molecular flexibility index (Phi) is 6.89. The Hall–Kier alpha value is -2.32. The first-order valence-corrected chi connectivity index (χ1v) is 10.1. The van der Waals surface area contributed by atoms with E-state index in [4.69, 9.17) is 9.26 Å². The number of halogens is 1. The van der Waals surface area contributed by atoms with Crippen LogP contribution in [0.3, 0.4) is 0 Å². The number of carbonyl (C=O) groups is 1. The van der Waals surface area contributed by atoms with Crippen LogP contribution in [0.25, 0.3) is 11.4 Å². The number of thioether (sulfide) groups is 1. The van der Waals surface area contributed by atoms with E-state index in [0.717, 1.165) is 21.5 Å². The van der Waals surface area contributed by atoms with Gasteiger partial charge in [0.1, 0.15) is 5.75 Å². The summed E-state index contributed by atoms with van der Waals surface area (Å²) in [5.74, 6) is 2.69. The van der Waals surface area contributed by atoms with Crippen molar-refractivity contribution >= 4 is 33.6 Å². The molecule has 2 aromatic carbocycles. The van der Waals surface area contributed by atoms with Crippen LogP contribution in [0.2, 0.25) is 0 Å². The van der Waals surface area contributed by atoms with Gasteiger partial charge in [0, 0.05) is 15.8 Å². The van der Waals surface area contributed by atoms with Crippen molar-refractivity contribution in [3.05, 3.63) is 64.5 Å². The van der Waals surface area contributed by atoms with E-state index in [1.165, 1.54) is 5.56 Å². The molecule has 0 aliphatic carbocycles. The monoisotopic (exact) mass is 447 g/mol. The second kappa shape index (κ2) is 9.57. The minimum atomic E-state index is -0.0682. The lowest BCUT2D eigenvalue weighted by molar-refractivity contribution is -0.118. The van der Waals surface area contributed by atoms with Crippen LogP contribution in [-0.4, -0.2) is 28.9 Å². The highest BCUT2D eigenvalue weighted by molar-refractivity contribution is 9.10. The van der Waals surface area contributed by atoms with Crippen molar-refractivity contribution in [1.82, 2.24) is 15.5 Å². The van der Waals surface area contributed by atoms with Gasteiger partial charge in [-0.3, -0.25) is 4.79 Å². The van der Waals surface area contributed by atoms with Gasteiger partial charge >= 0.3 is 0 Å². The molecule has 0 aliphatic rings. The number of rotatable bonds is 8. The number of amides is 1. The van der Waals surface area contributed by atoms with Gasteiger partial charge in [0.2, 0.25) is 17.6 Å². The summed E-state index contributed by atoms with van der Waals surface area (Å²) in [6.07, 6.45) is 0. The topological polar surface area (TPSA) is 77.3 Å². The highest BCUT2D eigenvalue weighted by atomic mass is 79.9. The summed E-state index contributed by atoms with van der Waals surface area (Å²) >= 11 is 4.96. The zero-order valence-corrected chi connectivity index (χ0v) is 17.0. The van der Waals surface area contributed by atoms with E-state index in [1.807, 2.05) is 48.5 Å². The fraction of sp³-hybridized carbons (Fsp3) is 0.211. The smallest absolute Gasteiger partial charge is 0.246 e. The third-order valence-corrected chi connectivity index (χ3v) is 5.20. The van der Waals surface area contributed by atoms with E-state index in [2.05, 4.69) is 31.4 Å². The van der Waals surface area contributed by atoms with Crippen molar-refractivity contribution in [2.24, 2.45) is 0 Å². The molecule has 1 amide bonds. The van der Waals surface area contributed by atoms with Crippen LogP contribution in [0.4, 0.5) is 0 Å². The number of ether oxygens (including phenoxy) is 1. The summed E-state index contributed by atoms with van der Waals surface area (Å²) < 4.78 is 11.4. The van der Waals surface area contributed by atoms with Crippen LogP contribution in [0, 0.1) is 0 Å². The Morgan fingerprint density at radius 2 is 1.93 bits per heavy atom. The molecule has 3 aromatic rings. The van der Waals surface area contributed by atoms with Crippen molar-refractivity contribution in [2.75, 3.05) is 12.9 Å². The maximum absolute atomic E-state index is 12.0. The van der Waals surface area contributed by atoms with Crippen molar-refractivity contribution in [1.29, 1.82) is 0 Å². The fourth-order valence-electron chi connectivity index (χ4n) is 2.25. The SMILES string of the molecule is COc1ccc(-c2noc(CNC(=O)CSCc3ccc(Br)cc3)n2)cc1. The molecule has 0 atom stereocenters. The molecule has 1 N–H and O–H groups in total. The highest BCUT2D eigenvalue weighted by Crippen LogP contribution is 2.20. The van der Waals surface area contributed by atoms with Crippen molar-refractivity contribution < 1.29 is 14.1 Å². The summed E-state index contributed by atoms with van der Waals surface area (Å²) in [7, 11) is 1.61. The zero-order valence-electron chi connectivity index (χ0n) is 14.6. The van der Waals surface area contributed by atoms with Crippen LogP contribution in [0.5, 0.6) is 5.75 Å². The summed E-state index contributed by atoms with van der Waals surface area (Å²) in [6.45, 7) is 0.209. The van der Waals surface area contributed by atoms with Gasteiger partial charge < -0.3 is 14.6 Å². The van der Waals surface area contributed by atoms with Gasteiger partial charge in [0.05, 0.1) is 19.4 Å². The molecular weight excluding hydrogens is 430 g/mol. The number of hydrogen-bond donors (Lipinski definition) is 1. The first-order chi connectivity index (χ1) is 13.1. The molecule has 6 nitrogen and oxygen atoms in total. The van der Waals surface area contributed by atoms with Crippen molar-refractivity contribution in [3.8, 4) is 17.1 Å². The molecule has 0 unspecified atom stereocenters. The summed E-state index contributed by atoms with van der Waals surface area (Å²) in [5.41, 5.74) is 2.00. The Morgan fingerprint density at radius 3 is 2.63 bits per heavy atom. The fourth-order valence-corrected chi connectivity index (χ4v) is 3.33. The first-order valence-electron chi connectivity index (χ1n) is 8.20. The molecule has 0 saturated heterocycles. The van der Waals surface area contributed by atoms with Crippen molar-refractivity contribution in [2.45, 2.75) is 12.3 Å². The van der Waals surface area contributed by atoms with Crippen LogP contribution < -0.4 is 10.1 Å². The number of benzene rings is 2. The predicted molar refractivity (Wildman–Crippen MR) is 108 cm³/mol. The number of nitrogens with one attached hydrogen (secondary N) is 1. The average Bonchev–Trinajstić information content (AvgIpc) is 3.17. The van der Waals surface area contributed by atoms with E-state index >= 15 is 0 Å². The molecule has 3 rings (SSSR count). The standard InChI is InChI=1S/C19H18BrN3O3S/c1-25-16-8-4-14(5-9-16)19-22-18(26-23-19)10-21-17(24)12-27-11-13-2-6-15(20)7-3-13/h2-9H,10-12H2,1H3,(H,21,24). The minimum absolute atomic E-state index is 0.0682. The molecular formula is C19H18BrN3O3S. The third kappa shape index (κ3) is 5.83. The van der Waals surface area contributed by atoms with E-state index in [0.29, 0.717) is 17.5 Å². The summed E-state index contributed by atoms with van der Waals surface area (Å²) in [4.78, 5) is 16.3. The lowest BCUT2D eigenvalue weighted by Gasteiger charge is -2.03. The molecule has 0 aliphatic heterocycles. The normalized spacial score (nSPS) is 10.6. The van der Waals surface area contributed by atoms with E-state index in [9.17, 15) is 4.79 Å². The molecule has 0 bridgehead atoms. The quantitative estimate of drug-likeness (QED) is 0.560. The van der Waals surface area contributed by atoms with E-state index in [-0.39, 0.29) is 12.5 Å². The molecule has 0 radical (unpaired) electrons. The molecule has 0 saturated carbocycles. The van der Waals surface area contributed by atoms with Gasteiger partial charge in [-0.25, -0.2) is 0 Å². The van der Waals surface area contributed by atoms with Gasteiger partial charge in [0.15, 0.2) is 0 Å². The number of hydrogen-bond acceptors (Lipinski definition) is 6. The molecule has 1 aromatic heterocycles. The lowest BCUT2D eigenvalue weighted by atomic mass is 10.2. The summed E-state index contributed by atoms with van der Waals surface area (Å²) in [5, 5.41) is 6.74. The number of methoxy groups -OCH3 is 1. The minimum Gasteiger partial charge on any atom is -0.497 e. The van der Waals surface area contributed by atoms with Crippen molar-refractivity contribution in [3.63, 3.8) is 0 Å². The number of nitrogens with zero attached hydrogens (tertiary/aromatic N) is 2. The van der Waals surface area contributed by atoms with Gasteiger partial charge in [-0.05, 0) is 42.0 Å². The Labute approximate surface area is 169 Å². The maximum Gasteiger partial charge on any atom is 0.246 e. The summed E-state index contributed by atoms with van der Waals surface area (Å²) in [6, 6.07) is 15.4. The molecule has 0 spiro atoms. The molecule has 27 heavy (non-hydrogen) atoms. The van der Waals surface area contributed by atoms with Gasteiger partial charge in [-0.1, -0.05) is 33.2 Å². The van der Waals surface area contributed by atoms with Gasteiger partial charge in [-0.15, -0.1) is 11.8 Å². The molecule has 1 heterocycles. The third-order valence-electron chi connectivity index (χ3n) is 3.67. The maximum atomic E-state index is 12.0.